The summed E-state index contributed by atoms with van der Waals surface area (Å²) in [5, 5.41) is 6.38. The number of benzene rings is 1. The van der Waals surface area contributed by atoms with Gasteiger partial charge in [-0.05, 0) is 74.5 Å². The normalized spacial score (nSPS) is 12.6. The molecule has 0 fully saturated rings. The number of nitrogens with one attached hydrogen (secondary N) is 2. The molecule has 30 heavy (non-hydrogen) atoms. The van der Waals surface area contributed by atoms with Crippen LogP contribution in [0.5, 0.6) is 5.75 Å². The van der Waals surface area contributed by atoms with Crippen LogP contribution in [0.1, 0.15) is 53.1 Å². The predicted molar refractivity (Wildman–Crippen MR) is 123 cm³/mol. The molecule has 1 aromatic carbocycles. The molecular weight excluding hydrogens is 420 g/mol. The SMILES string of the molecule is CCOC(=O)c1c(NC(=S)NC(=O)COc2ccc(CC)cc2)sc2c1CCCC2. The Labute approximate surface area is 186 Å². The summed E-state index contributed by atoms with van der Waals surface area (Å²) in [4.78, 5) is 25.9. The van der Waals surface area contributed by atoms with Crippen LogP contribution >= 0.6 is 23.6 Å². The minimum atomic E-state index is -0.369. The number of thiophene rings is 1. The molecule has 1 aliphatic carbocycles. The summed E-state index contributed by atoms with van der Waals surface area (Å²) in [5.74, 6) is -0.102. The fourth-order valence-corrected chi connectivity index (χ4v) is 4.90. The fourth-order valence-electron chi connectivity index (χ4n) is 3.34. The van der Waals surface area contributed by atoms with Crippen molar-refractivity contribution in [1.29, 1.82) is 0 Å². The average molecular weight is 447 g/mol. The van der Waals surface area contributed by atoms with Gasteiger partial charge in [0, 0.05) is 4.88 Å². The van der Waals surface area contributed by atoms with Crippen LogP contribution in [0.4, 0.5) is 5.00 Å². The highest BCUT2D eigenvalue weighted by molar-refractivity contribution is 7.80. The first kappa shape index (κ1) is 22.2. The quantitative estimate of drug-likeness (QED) is 0.489. The van der Waals surface area contributed by atoms with Gasteiger partial charge in [0.2, 0.25) is 0 Å². The van der Waals surface area contributed by atoms with E-state index in [1.807, 2.05) is 24.3 Å². The molecular formula is C22H26N2O4S2. The van der Waals surface area contributed by atoms with E-state index in [1.165, 1.54) is 21.8 Å². The first-order valence-electron chi connectivity index (χ1n) is 10.2. The fraction of sp³-hybridized carbons (Fsp3) is 0.409. The van der Waals surface area contributed by atoms with E-state index < -0.39 is 0 Å². The molecule has 0 unspecified atom stereocenters. The van der Waals surface area contributed by atoms with Gasteiger partial charge in [0.15, 0.2) is 11.7 Å². The zero-order valence-corrected chi connectivity index (χ0v) is 18.8. The predicted octanol–water partition coefficient (Wildman–Crippen LogP) is 4.26. The van der Waals surface area contributed by atoms with Gasteiger partial charge in [-0.1, -0.05) is 19.1 Å². The molecule has 0 atom stereocenters. The van der Waals surface area contributed by atoms with Crippen molar-refractivity contribution in [3.63, 3.8) is 0 Å². The molecule has 1 aromatic heterocycles. The van der Waals surface area contributed by atoms with Crippen molar-refractivity contribution < 1.29 is 19.1 Å². The number of anilines is 1. The van der Waals surface area contributed by atoms with Gasteiger partial charge in [0.25, 0.3) is 5.91 Å². The molecule has 0 spiro atoms. The summed E-state index contributed by atoms with van der Waals surface area (Å²) >= 11 is 6.79. The van der Waals surface area contributed by atoms with Gasteiger partial charge in [-0.25, -0.2) is 4.79 Å². The lowest BCUT2D eigenvalue weighted by Crippen LogP contribution is -2.37. The monoisotopic (exact) mass is 446 g/mol. The third kappa shape index (κ3) is 5.58. The Kier molecular flexibility index (Phi) is 7.81. The molecule has 3 rings (SSSR count). The van der Waals surface area contributed by atoms with Crippen LogP contribution in [0.25, 0.3) is 0 Å². The topological polar surface area (TPSA) is 76.7 Å². The van der Waals surface area contributed by atoms with Crippen molar-refractivity contribution in [2.24, 2.45) is 0 Å². The van der Waals surface area contributed by atoms with Gasteiger partial charge in [0.05, 0.1) is 12.2 Å². The van der Waals surface area contributed by atoms with E-state index in [-0.39, 0.29) is 23.6 Å². The molecule has 0 saturated carbocycles. The van der Waals surface area contributed by atoms with Crippen molar-refractivity contribution in [3.8, 4) is 5.75 Å². The van der Waals surface area contributed by atoms with Crippen LogP contribution in [-0.2, 0) is 28.8 Å². The average Bonchev–Trinajstić information content (AvgIpc) is 3.10. The number of rotatable bonds is 7. The number of fused-ring (bicyclic) bond motifs is 1. The maximum atomic E-state index is 12.5. The Hall–Kier alpha value is -2.45. The third-order valence-electron chi connectivity index (χ3n) is 4.83. The summed E-state index contributed by atoms with van der Waals surface area (Å²) < 4.78 is 10.7. The number of ether oxygens (including phenoxy) is 2. The lowest BCUT2D eigenvalue weighted by Gasteiger charge is -2.13. The van der Waals surface area contributed by atoms with Crippen molar-refractivity contribution >= 4 is 45.5 Å². The third-order valence-corrected chi connectivity index (χ3v) is 6.24. The second-order valence-corrected chi connectivity index (χ2v) is 8.44. The van der Waals surface area contributed by atoms with Gasteiger partial charge >= 0.3 is 5.97 Å². The van der Waals surface area contributed by atoms with Crippen LogP contribution < -0.4 is 15.4 Å². The van der Waals surface area contributed by atoms with E-state index in [1.54, 1.807) is 6.92 Å². The van der Waals surface area contributed by atoms with Crippen LogP contribution in [0.3, 0.4) is 0 Å². The number of carbonyl (C=O) groups excluding carboxylic acids is 2. The molecule has 0 radical (unpaired) electrons. The van der Waals surface area contributed by atoms with E-state index in [0.717, 1.165) is 37.7 Å². The summed E-state index contributed by atoms with van der Waals surface area (Å²) in [6.07, 6.45) is 4.89. The molecule has 2 N–H and O–H groups in total. The Balaban J connectivity index is 1.60. The molecule has 0 bridgehead atoms. The Morgan fingerprint density at radius 3 is 2.57 bits per heavy atom. The highest BCUT2D eigenvalue weighted by atomic mass is 32.1. The standard InChI is InChI=1S/C22H26N2O4S2/c1-3-14-9-11-15(12-10-14)28-13-18(25)23-22(29)24-20-19(21(26)27-4-2)16-7-5-6-8-17(16)30-20/h9-12H,3-8,13H2,1-2H3,(H2,23,24,25,29). The van der Waals surface area contributed by atoms with E-state index in [2.05, 4.69) is 17.6 Å². The number of hydrogen-bond acceptors (Lipinski definition) is 6. The largest absolute Gasteiger partial charge is 0.484 e. The maximum Gasteiger partial charge on any atom is 0.341 e. The summed E-state index contributed by atoms with van der Waals surface area (Å²) in [6.45, 7) is 4.01. The lowest BCUT2D eigenvalue weighted by molar-refractivity contribution is -0.121. The maximum absolute atomic E-state index is 12.5. The molecule has 160 valence electrons. The second-order valence-electron chi connectivity index (χ2n) is 6.92. The molecule has 0 aliphatic heterocycles. The smallest absolute Gasteiger partial charge is 0.341 e. The highest BCUT2D eigenvalue weighted by Gasteiger charge is 2.27. The molecule has 1 amide bonds. The van der Waals surface area contributed by atoms with Crippen LogP contribution in [0, 0.1) is 0 Å². The van der Waals surface area contributed by atoms with Gasteiger partial charge in [0.1, 0.15) is 10.8 Å². The van der Waals surface area contributed by atoms with Crippen molar-refractivity contribution in [2.75, 3.05) is 18.5 Å². The Bertz CT molecular complexity index is 922. The van der Waals surface area contributed by atoms with E-state index in [0.29, 0.717) is 22.9 Å². The van der Waals surface area contributed by atoms with Crippen LogP contribution in [0.15, 0.2) is 24.3 Å². The molecule has 8 heteroatoms. The summed E-state index contributed by atoms with van der Waals surface area (Å²) in [7, 11) is 0. The van der Waals surface area contributed by atoms with Crippen molar-refractivity contribution in [2.45, 2.75) is 46.0 Å². The van der Waals surface area contributed by atoms with Gasteiger partial charge in [-0.2, -0.15) is 0 Å². The number of thiocarbonyl (C=S) groups is 1. The molecule has 2 aromatic rings. The molecule has 0 saturated heterocycles. The number of amides is 1. The zero-order chi connectivity index (χ0) is 21.5. The van der Waals surface area contributed by atoms with E-state index in [4.69, 9.17) is 21.7 Å². The van der Waals surface area contributed by atoms with Gasteiger partial charge in [-0.15, -0.1) is 11.3 Å². The van der Waals surface area contributed by atoms with Gasteiger partial charge < -0.3 is 14.8 Å². The number of esters is 1. The second kappa shape index (κ2) is 10.5. The molecule has 1 aliphatic rings. The Morgan fingerprint density at radius 2 is 1.87 bits per heavy atom. The minimum absolute atomic E-state index is 0.133. The first-order valence-corrected chi connectivity index (χ1v) is 11.4. The van der Waals surface area contributed by atoms with Crippen LogP contribution in [0.2, 0.25) is 0 Å². The van der Waals surface area contributed by atoms with E-state index >= 15 is 0 Å². The number of carbonyl (C=O) groups is 2. The summed E-state index contributed by atoms with van der Waals surface area (Å²) in [6, 6.07) is 7.61. The zero-order valence-electron chi connectivity index (χ0n) is 17.2. The Morgan fingerprint density at radius 1 is 1.13 bits per heavy atom. The van der Waals surface area contributed by atoms with E-state index in [9.17, 15) is 9.59 Å². The van der Waals surface area contributed by atoms with Crippen molar-refractivity contribution in [3.05, 3.63) is 45.8 Å². The van der Waals surface area contributed by atoms with Crippen molar-refractivity contribution in [1.82, 2.24) is 5.32 Å². The first-order chi connectivity index (χ1) is 14.5. The molecule has 6 nitrogen and oxygen atoms in total. The summed E-state index contributed by atoms with van der Waals surface area (Å²) in [5.41, 5.74) is 2.79. The molecule has 1 heterocycles. The lowest BCUT2D eigenvalue weighted by atomic mass is 9.95. The highest BCUT2D eigenvalue weighted by Crippen LogP contribution is 2.38. The minimum Gasteiger partial charge on any atom is -0.484 e. The number of hydrogen-bond donors (Lipinski definition) is 2. The number of aryl methyl sites for hydroxylation is 2. The van der Waals surface area contributed by atoms with Crippen LogP contribution in [-0.4, -0.2) is 30.2 Å². The van der Waals surface area contributed by atoms with Gasteiger partial charge in [-0.3, -0.25) is 10.1 Å².